The molecule has 160 valence electrons. The van der Waals surface area contributed by atoms with Gasteiger partial charge in [0.05, 0.1) is 6.10 Å². The van der Waals surface area contributed by atoms with E-state index in [4.69, 9.17) is 4.74 Å². The van der Waals surface area contributed by atoms with Gasteiger partial charge >= 0.3 is 0 Å². The van der Waals surface area contributed by atoms with E-state index in [1.165, 1.54) is 51.4 Å². The second kappa shape index (κ2) is 6.22. The van der Waals surface area contributed by atoms with Crippen molar-refractivity contribution in [1.82, 2.24) is 5.32 Å². The Morgan fingerprint density at radius 3 is 2.72 bits per heavy atom. The zero-order valence-corrected chi connectivity index (χ0v) is 19.0. The number of hydrogen-bond donors (Lipinski definition) is 1. The minimum atomic E-state index is -0.0214. The van der Waals surface area contributed by atoms with Gasteiger partial charge in [-0.05, 0) is 97.4 Å². The average Bonchev–Trinajstić information content (AvgIpc) is 3.15. The van der Waals surface area contributed by atoms with E-state index in [9.17, 15) is 0 Å². The molecule has 10 atom stereocenters. The molecule has 0 bridgehead atoms. The first-order chi connectivity index (χ1) is 13.9. The summed E-state index contributed by atoms with van der Waals surface area (Å²) in [5.74, 6) is 4.82. The fourth-order valence-corrected chi connectivity index (χ4v) is 9.50. The monoisotopic (exact) mass is 395 g/mol. The van der Waals surface area contributed by atoms with Crippen LogP contribution in [0.5, 0.6) is 0 Å². The molecule has 0 unspecified atom stereocenters. The van der Waals surface area contributed by atoms with Gasteiger partial charge in [0.2, 0.25) is 0 Å². The molecule has 2 saturated heterocycles. The van der Waals surface area contributed by atoms with E-state index >= 15 is 0 Å². The van der Waals surface area contributed by atoms with Gasteiger partial charge in [-0.2, -0.15) is 0 Å². The lowest BCUT2D eigenvalue weighted by atomic mass is 9.47. The largest absolute Gasteiger partial charge is 0.357 e. The highest BCUT2D eigenvalue weighted by atomic mass is 16.5. The van der Waals surface area contributed by atoms with Crippen molar-refractivity contribution in [2.75, 3.05) is 6.54 Å². The van der Waals surface area contributed by atoms with Crippen molar-refractivity contribution in [1.29, 1.82) is 0 Å². The Kier molecular flexibility index (Phi) is 4.10. The maximum absolute atomic E-state index is 7.01. The van der Waals surface area contributed by atoms with Crippen LogP contribution >= 0.6 is 0 Å². The molecule has 4 fully saturated rings. The maximum Gasteiger partial charge on any atom is 0.122 e. The van der Waals surface area contributed by atoms with Crippen LogP contribution in [-0.4, -0.2) is 18.4 Å². The number of fused-ring (bicyclic) bond motifs is 7. The molecule has 0 aromatic heterocycles. The van der Waals surface area contributed by atoms with Gasteiger partial charge in [0, 0.05) is 12.5 Å². The smallest absolute Gasteiger partial charge is 0.122 e. The summed E-state index contributed by atoms with van der Waals surface area (Å²) in [4.78, 5) is 0. The second-order valence-electron chi connectivity index (χ2n) is 12.3. The van der Waals surface area contributed by atoms with E-state index in [0.717, 1.165) is 36.1 Å². The van der Waals surface area contributed by atoms with Gasteiger partial charge in [0.1, 0.15) is 5.72 Å². The molecule has 1 N–H and O–H groups in total. The topological polar surface area (TPSA) is 21.3 Å². The van der Waals surface area contributed by atoms with E-state index < -0.39 is 0 Å². The van der Waals surface area contributed by atoms with E-state index in [0.29, 0.717) is 22.9 Å². The fourth-order valence-electron chi connectivity index (χ4n) is 9.50. The van der Waals surface area contributed by atoms with Crippen molar-refractivity contribution < 1.29 is 4.74 Å². The summed E-state index contributed by atoms with van der Waals surface area (Å²) in [6.07, 6.45) is 18.7. The van der Waals surface area contributed by atoms with Gasteiger partial charge in [-0.3, -0.25) is 5.32 Å². The zero-order valence-electron chi connectivity index (χ0n) is 19.0. The molecular weight excluding hydrogens is 354 g/mol. The lowest BCUT2D eigenvalue weighted by molar-refractivity contribution is -0.114. The Morgan fingerprint density at radius 2 is 1.93 bits per heavy atom. The third-order valence-corrected chi connectivity index (χ3v) is 11.1. The lowest BCUT2D eigenvalue weighted by Gasteiger charge is -2.57. The van der Waals surface area contributed by atoms with Crippen molar-refractivity contribution in [2.24, 2.45) is 46.3 Å². The molecule has 4 aliphatic carbocycles. The molecule has 2 nitrogen and oxygen atoms in total. The van der Waals surface area contributed by atoms with Crippen LogP contribution in [0.1, 0.15) is 79.1 Å². The van der Waals surface area contributed by atoms with Crippen molar-refractivity contribution >= 4 is 0 Å². The fraction of sp³-hybridized carbons (Fsp3) is 0.852. The van der Waals surface area contributed by atoms with Gasteiger partial charge < -0.3 is 4.74 Å². The Hall–Kier alpha value is -0.600. The molecular formula is C27H41NO. The number of rotatable bonds is 0. The van der Waals surface area contributed by atoms with Crippen LogP contribution in [0, 0.1) is 46.3 Å². The number of hydrogen-bond acceptors (Lipinski definition) is 2. The molecule has 6 rings (SSSR count). The summed E-state index contributed by atoms with van der Waals surface area (Å²) in [7, 11) is 0. The number of nitrogens with one attached hydrogen (secondary N) is 1. The standard InChI is InChI=1S/C27H41NO/c1-17-10-14-27(28-16-17)18(2)24-23(29-27)15-22-20-9-8-19-7-5-6-12-25(19,3)21(20)11-13-26(22,24)4/h5,7-8,17-18,20-24,28H,6,9-16H2,1-4H3/t17-,18+,20+,21+,22+,23+,24-,25-,26-,27+/m0/s1. The first-order valence-electron chi connectivity index (χ1n) is 12.7. The predicted molar refractivity (Wildman–Crippen MR) is 118 cm³/mol. The summed E-state index contributed by atoms with van der Waals surface area (Å²) in [5, 5.41) is 3.90. The quantitative estimate of drug-likeness (QED) is 0.536. The molecule has 0 radical (unpaired) electrons. The highest BCUT2D eigenvalue weighted by Gasteiger charge is 2.67. The van der Waals surface area contributed by atoms with Crippen LogP contribution in [0.4, 0.5) is 0 Å². The van der Waals surface area contributed by atoms with Crippen molar-refractivity contribution in [3.05, 3.63) is 23.8 Å². The molecule has 0 aromatic carbocycles. The van der Waals surface area contributed by atoms with Crippen molar-refractivity contribution in [3.63, 3.8) is 0 Å². The lowest BCUT2D eigenvalue weighted by Crippen LogP contribution is -2.56. The van der Waals surface area contributed by atoms with E-state index in [1.54, 1.807) is 5.57 Å². The third-order valence-electron chi connectivity index (χ3n) is 11.1. The third kappa shape index (κ3) is 2.42. The molecule has 1 spiro atoms. The number of allylic oxidation sites excluding steroid dienone is 4. The molecule has 2 saturated carbocycles. The number of ether oxygens (including phenoxy) is 1. The molecule has 0 aromatic rings. The molecule has 29 heavy (non-hydrogen) atoms. The summed E-state index contributed by atoms with van der Waals surface area (Å²) in [5.41, 5.74) is 2.56. The Bertz CT molecular complexity index is 746. The van der Waals surface area contributed by atoms with E-state index in [2.05, 4.69) is 51.2 Å². The van der Waals surface area contributed by atoms with Crippen LogP contribution in [0.25, 0.3) is 0 Å². The van der Waals surface area contributed by atoms with Crippen LogP contribution < -0.4 is 5.32 Å². The van der Waals surface area contributed by atoms with Crippen LogP contribution in [0.15, 0.2) is 23.8 Å². The summed E-state index contributed by atoms with van der Waals surface area (Å²) in [6.45, 7) is 11.3. The van der Waals surface area contributed by atoms with E-state index in [-0.39, 0.29) is 5.72 Å². The zero-order chi connectivity index (χ0) is 20.0. The maximum atomic E-state index is 7.01. The Morgan fingerprint density at radius 1 is 1.07 bits per heavy atom. The van der Waals surface area contributed by atoms with Gasteiger partial charge in [0.25, 0.3) is 0 Å². The van der Waals surface area contributed by atoms with E-state index in [1.807, 2.05) is 0 Å². The highest BCUT2D eigenvalue weighted by molar-refractivity contribution is 5.34. The number of piperidine rings is 1. The summed E-state index contributed by atoms with van der Waals surface area (Å²) in [6, 6.07) is 0. The van der Waals surface area contributed by atoms with Gasteiger partial charge in [0.15, 0.2) is 0 Å². The SMILES string of the molecule is C[C@H]1CC[C@@]2(NC1)O[C@@H]1C[C@@H]3[C@@H]4CC=C5C=CCC[C@]5(C)[C@@H]4CC[C@]3(C)[C@H]1[C@H]2C. The predicted octanol–water partition coefficient (Wildman–Crippen LogP) is 6.09. The van der Waals surface area contributed by atoms with Crippen molar-refractivity contribution in [3.8, 4) is 0 Å². The molecule has 2 heterocycles. The molecule has 0 amide bonds. The average molecular weight is 396 g/mol. The molecule has 2 heteroatoms. The van der Waals surface area contributed by atoms with Gasteiger partial charge in [-0.15, -0.1) is 0 Å². The summed E-state index contributed by atoms with van der Waals surface area (Å²) >= 11 is 0. The molecule has 6 aliphatic rings. The van der Waals surface area contributed by atoms with Crippen molar-refractivity contribution in [2.45, 2.75) is 90.9 Å². The highest BCUT2D eigenvalue weighted by Crippen LogP contribution is 2.69. The minimum Gasteiger partial charge on any atom is -0.357 e. The van der Waals surface area contributed by atoms with Crippen LogP contribution in [0.3, 0.4) is 0 Å². The normalized spacial score (nSPS) is 58.3. The minimum absolute atomic E-state index is 0.0214. The Labute approximate surface area is 177 Å². The van der Waals surface area contributed by atoms with Gasteiger partial charge in [-0.1, -0.05) is 45.9 Å². The summed E-state index contributed by atoms with van der Waals surface area (Å²) < 4.78 is 7.01. The van der Waals surface area contributed by atoms with Crippen LogP contribution in [0.2, 0.25) is 0 Å². The second-order valence-corrected chi connectivity index (χ2v) is 12.3. The Balaban J connectivity index is 1.30. The first-order valence-corrected chi connectivity index (χ1v) is 12.7. The van der Waals surface area contributed by atoms with Crippen LogP contribution in [-0.2, 0) is 4.74 Å². The molecule has 2 aliphatic heterocycles. The first kappa shape index (κ1) is 19.1. The van der Waals surface area contributed by atoms with Gasteiger partial charge in [-0.25, -0.2) is 0 Å².